The summed E-state index contributed by atoms with van der Waals surface area (Å²) >= 11 is 0. The molecule has 5 heteroatoms. The molecule has 126 valence electrons. The predicted molar refractivity (Wildman–Crippen MR) is 94.9 cm³/mol. The van der Waals surface area contributed by atoms with Gasteiger partial charge in [0.2, 0.25) is 0 Å². The Morgan fingerprint density at radius 3 is 2.65 bits per heavy atom. The number of carbonyl (C=O) groups is 1. The standard InChI is InChI=1S/C18H28N4O/c1-4-9-20-18(23)16-8-7-10-19-17(16)22-13-11-21(12-14-22)15(5-2)6-3/h4,7-8,10,15H,1,5-6,9,11-14H2,2-3H3,(H,20,23). The number of hydrogen-bond acceptors (Lipinski definition) is 4. The molecule has 5 nitrogen and oxygen atoms in total. The van der Waals surface area contributed by atoms with Gasteiger partial charge in [0, 0.05) is 45.0 Å². The summed E-state index contributed by atoms with van der Waals surface area (Å²) in [6.45, 7) is 12.5. The first-order valence-corrected chi connectivity index (χ1v) is 8.54. The average molecular weight is 316 g/mol. The molecule has 0 atom stereocenters. The lowest BCUT2D eigenvalue weighted by molar-refractivity contribution is 0.0957. The van der Waals surface area contributed by atoms with E-state index in [9.17, 15) is 4.79 Å². The molecule has 0 unspecified atom stereocenters. The minimum atomic E-state index is -0.0876. The number of piperazine rings is 1. The third-order valence-electron chi connectivity index (χ3n) is 4.51. The Balaban J connectivity index is 2.06. The van der Waals surface area contributed by atoms with Crippen LogP contribution in [0.5, 0.6) is 0 Å². The third-order valence-corrected chi connectivity index (χ3v) is 4.51. The molecule has 0 radical (unpaired) electrons. The maximum absolute atomic E-state index is 12.3. The molecule has 1 aliphatic rings. The van der Waals surface area contributed by atoms with Crippen LogP contribution in [0.15, 0.2) is 31.0 Å². The van der Waals surface area contributed by atoms with Gasteiger partial charge in [0.25, 0.3) is 5.91 Å². The number of nitrogens with zero attached hydrogens (tertiary/aromatic N) is 3. The van der Waals surface area contributed by atoms with Gasteiger partial charge in [-0.15, -0.1) is 6.58 Å². The number of nitrogens with one attached hydrogen (secondary N) is 1. The fourth-order valence-corrected chi connectivity index (χ4v) is 3.19. The van der Waals surface area contributed by atoms with E-state index >= 15 is 0 Å². The monoisotopic (exact) mass is 316 g/mol. The van der Waals surface area contributed by atoms with Crippen LogP contribution in [-0.2, 0) is 0 Å². The predicted octanol–water partition coefficient (Wildman–Crippen LogP) is 2.31. The van der Waals surface area contributed by atoms with Gasteiger partial charge in [-0.2, -0.15) is 0 Å². The van der Waals surface area contributed by atoms with Gasteiger partial charge >= 0.3 is 0 Å². The van der Waals surface area contributed by atoms with Gasteiger partial charge in [0.1, 0.15) is 5.82 Å². The fraction of sp³-hybridized carbons (Fsp3) is 0.556. The molecule has 1 fully saturated rings. The number of aromatic nitrogens is 1. The van der Waals surface area contributed by atoms with Crippen molar-refractivity contribution in [2.24, 2.45) is 0 Å². The molecule has 0 aliphatic carbocycles. The van der Waals surface area contributed by atoms with Crippen molar-refractivity contribution in [3.63, 3.8) is 0 Å². The smallest absolute Gasteiger partial charge is 0.255 e. The average Bonchev–Trinajstić information content (AvgIpc) is 2.61. The maximum atomic E-state index is 12.3. The van der Waals surface area contributed by atoms with E-state index in [2.05, 4.69) is 40.5 Å². The van der Waals surface area contributed by atoms with E-state index in [1.54, 1.807) is 12.3 Å². The second kappa shape index (κ2) is 8.67. The molecular formula is C18H28N4O. The summed E-state index contributed by atoms with van der Waals surface area (Å²) in [5.74, 6) is 0.702. The number of rotatable bonds is 7. The Kier molecular flexibility index (Phi) is 6.59. The first-order valence-electron chi connectivity index (χ1n) is 8.54. The zero-order chi connectivity index (χ0) is 16.7. The van der Waals surface area contributed by atoms with Crippen molar-refractivity contribution in [1.82, 2.24) is 15.2 Å². The number of amides is 1. The van der Waals surface area contributed by atoms with Gasteiger partial charge in [0.15, 0.2) is 0 Å². The molecule has 0 aromatic carbocycles. The summed E-state index contributed by atoms with van der Waals surface area (Å²) in [6.07, 6.45) is 5.82. The van der Waals surface area contributed by atoms with Crippen LogP contribution in [0.25, 0.3) is 0 Å². The van der Waals surface area contributed by atoms with Crippen LogP contribution in [-0.4, -0.2) is 54.6 Å². The summed E-state index contributed by atoms with van der Waals surface area (Å²) in [7, 11) is 0. The second-order valence-corrected chi connectivity index (χ2v) is 5.87. The normalized spacial score (nSPS) is 15.7. The van der Waals surface area contributed by atoms with Crippen LogP contribution in [0, 0.1) is 0 Å². The Labute approximate surface area is 139 Å². The molecule has 1 saturated heterocycles. The van der Waals surface area contributed by atoms with Crippen LogP contribution in [0.3, 0.4) is 0 Å². The minimum Gasteiger partial charge on any atom is -0.353 e. The highest BCUT2D eigenvalue weighted by atomic mass is 16.1. The molecular weight excluding hydrogens is 288 g/mol. The molecule has 1 aromatic rings. The summed E-state index contributed by atoms with van der Waals surface area (Å²) in [5.41, 5.74) is 0.644. The molecule has 1 N–H and O–H groups in total. The fourth-order valence-electron chi connectivity index (χ4n) is 3.19. The largest absolute Gasteiger partial charge is 0.353 e. The van der Waals surface area contributed by atoms with Gasteiger partial charge in [-0.1, -0.05) is 19.9 Å². The molecule has 23 heavy (non-hydrogen) atoms. The van der Waals surface area contributed by atoms with E-state index in [0.29, 0.717) is 18.2 Å². The van der Waals surface area contributed by atoms with Crippen molar-refractivity contribution in [3.05, 3.63) is 36.5 Å². The first kappa shape index (κ1) is 17.5. The third kappa shape index (κ3) is 4.32. The zero-order valence-corrected chi connectivity index (χ0v) is 14.3. The summed E-state index contributed by atoms with van der Waals surface area (Å²) in [6, 6.07) is 4.32. The van der Waals surface area contributed by atoms with Crippen LogP contribution in [0.4, 0.5) is 5.82 Å². The minimum absolute atomic E-state index is 0.0876. The lowest BCUT2D eigenvalue weighted by atomic mass is 10.1. The molecule has 1 aliphatic heterocycles. The molecule has 2 heterocycles. The van der Waals surface area contributed by atoms with E-state index in [0.717, 1.165) is 32.0 Å². The van der Waals surface area contributed by atoms with Crippen molar-refractivity contribution in [3.8, 4) is 0 Å². The van der Waals surface area contributed by atoms with Crippen molar-refractivity contribution >= 4 is 11.7 Å². The van der Waals surface area contributed by atoms with Crippen LogP contribution in [0.2, 0.25) is 0 Å². The number of pyridine rings is 1. The lowest BCUT2D eigenvalue weighted by Gasteiger charge is -2.39. The van der Waals surface area contributed by atoms with Crippen LogP contribution < -0.4 is 10.2 Å². The van der Waals surface area contributed by atoms with Crippen LogP contribution in [0.1, 0.15) is 37.0 Å². The van der Waals surface area contributed by atoms with E-state index < -0.39 is 0 Å². The molecule has 1 amide bonds. The van der Waals surface area contributed by atoms with Gasteiger partial charge in [-0.3, -0.25) is 9.69 Å². The number of anilines is 1. The summed E-state index contributed by atoms with van der Waals surface area (Å²) in [4.78, 5) is 21.5. The highest BCUT2D eigenvalue weighted by molar-refractivity contribution is 5.98. The number of carbonyl (C=O) groups excluding carboxylic acids is 1. The highest BCUT2D eigenvalue weighted by Crippen LogP contribution is 2.20. The van der Waals surface area contributed by atoms with E-state index in [4.69, 9.17) is 0 Å². The molecule has 0 bridgehead atoms. The van der Waals surface area contributed by atoms with Gasteiger partial charge in [-0.05, 0) is 25.0 Å². The van der Waals surface area contributed by atoms with Gasteiger partial charge < -0.3 is 10.2 Å². The van der Waals surface area contributed by atoms with E-state index in [-0.39, 0.29) is 5.91 Å². The van der Waals surface area contributed by atoms with Crippen molar-refractivity contribution in [2.75, 3.05) is 37.6 Å². The lowest BCUT2D eigenvalue weighted by Crippen LogP contribution is -2.50. The Bertz CT molecular complexity index is 520. The van der Waals surface area contributed by atoms with Gasteiger partial charge in [0.05, 0.1) is 5.56 Å². The van der Waals surface area contributed by atoms with E-state index in [1.807, 2.05) is 12.1 Å². The highest BCUT2D eigenvalue weighted by Gasteiger charge is 2.24. The maximum Gasteiger partial charge on any atom is 0.255 e. The van der Waals surface area contributed by atoms with Crippen molar-refractivity contribution in [1.29, 1.82) is 0 Å². The van der Waals surface area contributed by atoms with Crippen molar-refractivity contribution < 1.29 is 4.79 Å². The van der Waals surface area contributed by atoms with Crippen molar-refractivity contribution in [2.45, 2.75) is 32.7 Å². The zero-order valence-electron chi connectivity index (χ0n) is 14.3. The summed E-state index contributed by atoms with van der Waals surface area (Å²) < 4.78 is 0. The molecule has 1 aromatic heterocycles. The van der Waals surface area contributed by atoms with Gasteiger partial charge in [-0.25, -0.2) is 4.98 Å². The molecule has 0 spiro atoms. The SMILES string of the molecule is C=CCNC(=O)c1cccnc1N1CCN(C(CC)CC)CC1. The molecule has 2 rings (SSSR count). The molecule has 0 saturated carbocycles. The van der Waals surface area contributed by atoms with Crippen LogP contribution >= 0.6 is 0 Å². The van der Waals surface area contributed by atoms with E-state index in [1.165, 1.54) is 12.8 Å². The second-order valence-electron chi connectivity index (χ2n) is 5.87. The summed E-state index contributed by atoms with van der Waals surface area (Å²) in [5, 5.41) is 2.84. The quantitative estimate of drug-likeness (QED) is 0.784. The Morgan fingerprint density at radius 1 is 1.35 bits per heavy atom. The number of hydrogen-bond donors (Lipinski definition) is 1. The Hall–Kier alpha value is -1.88. The topological polar surface area (TPSA) is 48.5 Å². The Morgan fingerprint density at radius 2 is 2.04 bits per heavy atom. The first-order chi connectivity index (χ1) is 11.2.